The molecule has 126 valence electrons. The maximum absolute atomic E-state index is 6.05. The topological polar surface area (TPSA) is 56.7 Å². The van der Waals surface area contributed by atoms with Gasteiger partial charge in [-0.15, -0.1) is 0 Å². The lowest BCUT2D eigenvalue weighted by Crippen LogP contribution is -1.91. The molecular formula is C19H11ClN4OS. The molecule has 4 heterocycles. The van der Waals surface area contributed by atoms with Crippen LogP contribution in [-0.2, 0) is 0 Å². The smallest absolute Gasteiger partial charge is 0.223 e. The van der Waals surface area contributed by atoms with Crippen LogP contribution in [0.5, 0.6) is 0 Å². The number of nitrogens with zero attached hydrogens (tertiary/aromatic N) is 4. The number of furan rings is 1. The molecule has 0 saturated heterocycles. The summed E-state index contributed by atoms with van der Waals surface area (Å²) in [6.07, 6.45) is 5.37. The monoisotopic (exact) mass is 378 g/mol. The van der Waals surface area contributed by atoms with Gasteiger partial charge in [-0.3, -0.25) is 3.97 Å². The van der Waals surface area contributed by atoms with E-state index in [1.807, 2.05) is 40.5 Å². The maximum Gasteiger partial charge on any atom is 0.223 e. The fourth-order valence-electron chi connectivity index (χ4n) is 2.83. The van der Waals surface area contributed by atoms with Gasteiger partial charge in [0.2, 0.25) is 5.28 Å². The normalized spacial score (nSPS) is 11.4. The molecule has 4 aromatic heterocycles. The summed E-state index contributed by atoms with van der Waals surface area (Å²) in [5.41, 5.74) is 3.65. The fourth-order valence-corrected chi connectivity index (χ4v) is 3.87. The molecular weight excluding hydrogens is 368 g/mol. The lowest BCUT2D eigenvalue weighted by molar-refractivity contribution is 0.615. The Labute approximate surface area is 157 Å². The van der Waals surface area contributed by atoms with Gasteiger partial charge in [-0.2, -0.15) is 0 Å². The molecule has 5 rings (SSSR count). The van der Waals surface area contributed by atoms with Crippen molar-refractivity contribution in [1.82, 2.24) is 18.9 Å². The lowest BCUT2D eigenvalue weighted by Gasteiger charge is -2.05. The average molecular weight is 379 g/mol. The van der Waals surface area contributed by atoms with E-state index >= 15 is 0 Å². The highest BCUT2D eigenvalue weighted by Gasteiger charge is 2.14. The number of benzene rings is 1. The van der Waals surface area contributed by atoms with Crippen molar-refractivity contribution in [3.63, 3.8) is 0 Å². The Balaban J connectivity index is 1.60. The van der Waals surface area contributed by atoms with Crippen molar-refractivity contribution in [2.24, 2.45) is 0 Å². The minimum absolute atomic E-state index is 0.186. The third kappa shape index (κ3) is 2.64. The van der Waals surface area contributed by atoms with Crippen LogP contribution >= 0.6 is 23.5 Å². The zero-order valence-corrected chi connectivity index (χ0v) is 14.9. The number of halogens is 1. The van der Waals surface area contributed by atoms with Gasteiger partial charge in [0.1, 0.15) is 16.9 Å². The van der Waals surface area contributed by atoms with E-state index < -0.39 is 0 Å². The van der Waals surface area contributed by atoms with Gasteiger partial charge in [0.05, 0.1) is 6.26 Å². The molecule has 0 fully saturated rings. The van der Waals surface area contributed by atoms with E-state index in [-0.39, 0.29) is 5.28 Å². The van der Waals surface area contributed by atoms with Gasteiger partial charge in [0.15, 0.2) is 5.58 Å². The molecule has 5 nitrogen and oxygen atoms in total. The van der Waals surface area contributed by atoms with Crippen molar-refractivity contribution in [2.45, 2.75) is 4.90 Å². The van der Waals surface area contributed by atoms with E-state index in [2.05, 4.69) is 27.1 Å². The number of fused-ring (bicyclic) bond motifs is 2. The Bertz CT molecular complexity index is 1230. The Morgan fingerprint density at radius 1 is 1.04 bits per heavy atom. The molecule has 5 aromatic rings. The molecule has 26 heavy (non-hydrogen) atoms. The first-order valence-corrected chi connectivity index (χ1v) is 9.05. The van der Waals surface area contributed by atoms with E-state index in [9.17, 15) is 0 Å². The van der Waals surface area contributed by atoms with Gasteiger partial charge in [-0.1, -0.05) is 18.2 Å². The van der Waals surface area contributed by atoms with Gasteiger partial charge in [-0.05, 0) is 47.8 Å². The first kappa shape index (κ1) is 15.4. The van der Waals surface area contributed by atoms with Crippen molar-refractivity contribution in [1.29, 1.82) is 0 Å². The number of hydrogen-bond donors (Lipinski definition) is 0. The molecule has 0 N–H and O–H groups in total. The second kappa shape index (κ2) is 6.16. The summed E-state index contributed by atoms with van der Waals surface area (Å²) in [6, 6.07) is 16.0. The second-order valence-corrected chi connectivity index (χ2v) is 7.04. The molecule has 1 aromatic carbocycles. The predicted octanol–water partition coefficient (Wildman–Crippen LogP) is 5.45. The second-order valence-electron chi connectivity index (χ2n) is 5.66. The third-order valence-electron chi connectivity index (χ3n) is 3.99. The molecule has 0 bridgehead atoms. The Kier molecular flexibility index (Phi) is 3.65. The molecule has 0 radical (unpaired) electrons. The summed E-state index contributed by atoms with van der Waals surface area (Å²) in [4.78, 5) is 14.3. The summed E-state index contributed by atoms with van der Waals surface area (Å²) in [7, 11) is 0. The fraction of sp³-hybridized carbons (Fsp3) is 0. The molecule has 0 amide bonds. The van der Waals surface area contributed by atoms with Crippen LogP contribution in [-0.4, -0.2) is 18.9 Å². The van der Waals surface area contributed by atoms with E-state index in [0.29, 0.717) is 16.8 Å². The van der Waals surface area contributed by atoms with Gasteiger partial charge >= 0.3 is 0 Å². The number of aromatic nitrogens is 4. The van der Waals surface area contributed by atoms with Crippen LogP contribution in [0.3, 0.4) is 0 Å². The minimum Gasteiger partial charge on any atom is -0.460 e. The first-order valence-electron chi connectivity index (χ1n) is 7.89. The highest BCUT2D eigenvalue weighted by molar-refractivity contribution is 7.98. The van der Waals surface area contributed by atoms with Crippen LogP contribution in [0.25, 0.3) is 33.4 Å². The molecule has 0 aliphatic carbocycles. The Hall–Kier alpha value is -2.83. The highest BCUT2D eigenvalue weighted by atomic mass is 35.5. The predicted molar refractivity (Wildman–Crippen MR) is 103 cm³/mol. The van der Waals surface area contributed by atoms with Crippen LogP contribution in [0.4, 0.5) is 0 Å². The van der Waals surface area contributed by atoms with Crippen LogP contribution < -0.4 is 0 Å². The zero-order chi connectivity index (χ0) is 17.5. The molecule has 0 aliphatic rings. The van der Waals surface area contributed by atoms with Crippen molar-refractivity contribution in [3.8, 4) is 11.3 Å². The van der Waals surface area contributed by atoms with E-state index in [1.165, 1.54) is 0 Å². The Morgan fingerprint density at radius 3 is 2.81 bits per heavy atom. The third-order valence-corrected chi connectivity index (χ3v) is 5.13. The molecule has 0 saturated carbocycles. The number of hydrogen-bond acceptors (Lipinski definition) is 5. The number of rotatable bonds is 3. The largest absolute Gasteiger partial charge is 0.460 e. The van der Waals surface area contributed by atoms with Crippen molar-refractivity contribution in [3.05, 3.63) is 72.5 Å². The summed E-state index contributed by atoms with van der Waals surface area (Å²) in [6.45, 7) is 0. The van der Waals surface area contributed by atoms with E-state index in [4.69, 9.17) is 16.0 Å². The van der Waals surface area contributed by atoms with Gasteiger partial charge < -0.3 is 4.42 Å². The van der Waals surface area contributed by atoms with Crippen LogP contribution in [0.1, 0.15) is 0 Å². The Morgan fingerprint density at radius 2 is 1.92 bits per heavy atom. The SMILES string of the molecule is Clc1nc(-c2cnc3c(ccn3Sc3ccccc3)c2)c2occc2n1. The number of pyridine rings is 1. The lowest BCUT2D eigenvalue weighted by atomic mass is 10.1. The quantitative estimate of drug-likeness (QED) is 0.391. The first-order chi connectivity index (χ1) is 12.8. The summed E-state index contributed by atoms with van der Waals surface area (Å²) in [5.74, 6) is 0. The van der Waals surface area contributed by atoms with Gasteiger partial charge in [0, 0.05) is 34.3 Å². The molecule has 0 aliphatic heterocycles. The highest BCUT2D eigenvalue weighted by Crippen LogP contribution is 2.31. The standard InChI is InChI=1S/C19H11ClN4OS/c20-19-22-15-7-9-25-17(15)16(23-19)13-10-12-6-8-24(18(12)21-11-13)26-14-4-2-1-3-5-14/h1-11H. The van der Waals surface area contributed by atoms with Gasteiger partial charge in [0.25, 0.3) is 0 Å². The van der Waals surface area contributed by atoms with Crippen molar-refractivity contribution >= 4 is 45.7 Å². The summed E-state index contributed by atoms with van der Waals surface area (Å²) >= 11 is 7.67. The minimum atomic E-state index is 0.186. The van der Waals surface area contributed by atoms with Crippen LogP contribution in [0.15, 0.2) is 76.5 Å². The molecule has 7 heteroatoms. The van der Waals surface area contributed by atoms with Crippen LogP contribution in [0.2, 0.25) is 5.28 Å². The molecule has 0 spiro atoms. The zero-order valence-electron chi connectivity index (χ0n) is 13.3. The van der Waals surface area contributed by atoms with Crippen molar-refractivity contribution in [2.75, 3.05) is 0 Å². The van der Waals surface area contributed by atoms with Crippen molar-refractivity contribution < 1.29 is 4.42 Å². The van der Waals surface area contributed by atoms with Gasteiger partial charge in [-0.25, -0.2) is 15.0 Å². The van der Waals surface area contributed by atoms with E-state index in [1.54, 1.807) is 30.5 Å². The maximum atomic E-state index is 6.05. The summed E-state index contributed by atoms with van der Waals surface area (Å²) < 4.78 is 7.58. The van der Waals surface area contributed by atoms with Crippen LogP contribution in [0, 0.1) is 0 Å². The van der Waals surface area contributed by atoms with E-state index in [0.717, 1.165) is 21.5 Å². The molecule has 0 unspecified atom stereocenters. The molecule has 0 atom stereocenters. The average Bonchev–Trinajstić information content (AvgIpc) is 3.28. The summed E-state index contributed by atoms with van der Waals surface area (Å²) in [5, 5.41) is 1.20.